The van der Waals surface area contributed by atoms with E-state index in [-0.39, 0.29) is 0 Å². The van der Waals surface area contributed by atoms with Crippen LogP contribution >= 0.6 is 23.6 Å². The number of thiazole rings is 1. The largest absolute Gasteiger partial charge is 0.389 e. The van der Waals surface area contributed by atoms with E-state index in [1.165, 1.54) is 4.88 Å². The van der Waals surface area contributed by atoms with Crippen LogP contribution < -0.4 is 10.6 Å². The van der Waals surface area contributed by atoms with E-state index in [0.717, 1.165) is 17.8 Å². The van der Waals surface area contributed by atoms with E-state index in [9.17, 15) is 0 Å². The van der Waals surface area contributed by atoms with E-state index < -0.39 is 0 Å². The second-order valence-electron chi connectivity index (χ2n) is 3.73. The van der Waals surface area contributed by atoms with Crippen LogP contribution in [0.5, 0.6) is 0 Å². The summed E-state index contributed by atoms with van der Waals surface area (Å²) in [6, 6.07) is 7.94. The van der Waals surface area contributed by atoms with Crippen LogP contribution in [0.1, 0.15) is 10.4 Å². The molecule has 2 aromatic rings. The van der Waals surface area contributed by atoms with Crippen molar-refractivity contribution < 1.29 is 0 Å². The fourth-order valence-corrected chi connectivity index (χ4v) is 2.31. The van der Waals surface area contributed by atoms with Crippen LogP contribution in [-0.4, -0.2) is 17.0 Å². The lowest BCUT2D eigenvalue weighted by Gasteiger charge is -2.18. The van der Waals surface area contributed by atoms with Gasteiger partial charge < -0.3 is 10.6 Å². The Morgan fingerprint density at radius 2 is 2.12 bits per heavy atom. The predicted molar refractivity (Wildman–Crippen MR) is 76.6 cm³/mol. The zero-order valence-corrected chi connectivity index (χ0v) is 11.1. The van der Waals surface area contributed by atoms with Crippen LogP contribution in [0.25, 0.3) is 0 Å². The van der Waals surface area contributed by atoms with Crippen molar-refractivity contribution in [1.82, 2.24) is 4.98 Å². The molecule has 0 saturated heterocycles. The first kappa shape index (κ1) is 12.0. The first-order chi connectivity index (χ1) is 8.16. The summed E-state index contributed by atoms with van der Waals surface area (Å²) in [7, 11) is 2.05. The Hall–Kier alpha value is -1.46. The van der Waals surface area contributed by atoms with Gasteiger partial charge in [-0.15, -0.1) is 11.3 Å². The molecule has 0 aliphatic carbocycles. The lowest BCUT2D eigenvalue weighted by Crippen LogP contribution is -2.16. The number of hydrogen-bond donors (Lipinski definition) is 1. The molecule has 0 amide bonds. The molecule has 0 spiro atoms. The van der Waals surface area contributed by atoms with E-state index in [1.807, 2.05) is 36.0 Å². The number of thiocarbonyl (C=S) groups is 1. The molecule has 5 heteroatoms. The highest BCUT2D eigenvalue weighted by Gasteiger charge is 2.04. The van der Waals surface area contributed by atoms with Gasteiger partial charge in [-0.1, -0.05) is 12.2 Å². The van der Waals surface area contributed by atoms with E-state index >= 15 is 0 Å². The number of rotatable bonds is 4. The molecule has 3 nitrogen and oxygen atoms in total. The van der Waals surface area contributed by atoms with Crippen molar-refractivity contribution in [3.8, 4) is 0 Å². The van der Waals surface area contributed by atoms with Crippen molar-refractivity contribution in [2.24, 2.45) is 5.73 Å². The Labute approximate surface area is 110 Å². The number of anilines is 1. The molecule has 1 aromatic carbocycles. The molecule has 88 valence electrons. The van der Waals surface area contributed by atoms with E-state index in [0.29, 0.717) is 4.99 Å². The van der Waals surface area contributed by atoms with Crippen molar-refractivity contribution in [3.63, 3.8) is 0 Å². The Bertz CT molecular complexity index is 491. The van der Waals surface area contributed by atoms with Gasteiger partial charge in [0.25, 0.3) is 0 Å². The van der Waals surface area contributed by atoms with Crippen molar-refractivity contribution in [3.05, 3.63) is 46.4 Å². The summed E-state index contributed by atoms with van der Waals surface area (Å²) in [5, 5.41) is 0. The fraction of sp³-hybridized carbons (Fsp3) is 0.167. The quantitative estimate of drug-likeness (QED) is 0.860. The van der Waals surface area contributed by atoms with Gasteiger partial charge in [-0.25, -0.2) is 0 Å². The zero-order chi connectivity index (χ0) is 12.3. The molecule has 2 N–H and O–H groups in total. The van der Waals surface area contributed by atoms with Crippen molar-refractivity contribution in [2.75, 3.05) is 11.9 Å². The Morgan fingerprint density at radius 3 is 2.65 bits per heavy atom. The monoisotopic (exact) mass is 263 g/mol. The number of hydrogen-bond acceptors (Lipinski definition) is 4. The van der Waals surface area contributed by atoms with Gasteiger partial charge in [0.15, 0.2) is 0 Å². The van der Waals surface area contributed by atoms with Crippen LogP contribution in [0.2, 0.25) is 0 Å². The van der Waals surface area contributed by atoms with Crippen LogP contribution in [0.15, 0.2) is 36.0 Å². The average Bonchev–Trinajstić information content (AvgIpc) is 2.82. The summed E-state index contributed by atoms with van der Waals surface area (Å²) in [6.45, 7) is 0.858. The summed E-state index contributed by atoms with van der Waals surface area (Å²) >= 11 is 6.58. The van der Waals surface area contributed by atoms with E-state index in [1.54, 1.807) is 11.3 Å². The smallest absolute Gasteiger partial charge is 0.103 e. The molecule has 1 heterocycles. The highest BCUT2D eigenvalue weighted by molar-refractivity contribution is 7.80. The van der Waals surface area contributed by atoms with Crippen LogP contribution in [-0.2, 0) is 6.54 Å². The van der Waals surface area contributed by atoms with Gasteiger partial charge in [-0.05, 0) is 24.3 Å². The van der Waals surface area contributed by atoms with Gasteiger partial charge in [-0.2, -0.15) is 0 Å². The standard InChI is InChI=1S/C12H13N3S2/c1-15(7-11-6-14-8-17-11)10-4-2-9(3-5-10)12(13)16/h2-6,8H,7H2,1H3,(H2,13,16). The van der Waals surface area contributed by atoms with Gasteiger partial charge in [0.2, 0.25) is 0 Å². The third-order valence-corrected chi connectivity index (χ3v) is 3.47. The SMILES string of the molecule is CN(Cc1cncs1)c1ccc(C(N)=S)cc1. The maximum Gasteiger partial charge on any atom is 0.103 e. The molecule has 2 rings (SSSR count). The third kappa shape index (κ3) is 3.01. The summed E-state index contributed by atoms with van der Waals surface area (Å²) in [6.07, 6.45) is 1.89. The maximum absolute atomic E-state index is 5.56. The van der Waals surface area contributed by atoms with Crippen LogP contribution in [0.3, 0.4) is 0 Å². The lowest BCUT2D eigenvalue weighted by atomic mass is 10.2. The molecule has 0 aliphatic rings. The van der Waals surface area contributed by atoms with Gasteiger partial charge in [0.1, 0.15) is 4.99 Å². The highest BCUT2D eigenvalue weighted by Crippen LogP contribution is 2.17. The maximum atomic E-state index is 5.56. The summed E-state index contributed by atoms with van der Waals surface area (Å²) in [5.74, 6) is 0. The normalized spacial score (nSPS) is 10.2. The van der Waals surface area contributed by atoms with E-state index in [2.05, 4.69) is 16.9 Å². The number of nitrogens with two attached hydrogens (primary N) is 1. The molecular formula is C12H13N3S2. The summed E-state index contributed by atoms with van der Waals surface area (Å²) in [5.41, 5.74) is 9.44. The Balaban J connectivity index is 2.09. The van der Waals surface area contributed by atoms with Crippen molar-refractivity contribution in [2.45, 2.75) is 6.54 Å². The summed E-state index contributed by atoms with van der Waals surface area (Å²) < 4.78 is 0. The molecule has 0 unspecified atom stereocenters. The molecule has 17 heavy (non-hydrogen) atoms. The minimum Gasteiger partial charge on any atom is -0.389 e. The highest BCUT2D eigenvalue weighted by atomic mass is 32.1. The zero-order valence-electron chi connectivity index (χ0n) is 9.46. The van der Waals surface area contributed by atoms with Crippen LogP contribution in [0.4, 0.5) is 5.69 Å². The van der Waals surface area contributed by atoms with Crippen molar-refractivity contribution >= 4 is 34.2 Å². The number of nitrogens with zero attached hydrogens (tertiary/aromatic N) is 2. The molecular weight excluding hydrogens is 250 g/mol. The molecule has 1 aromatic heterocycles. The molecule has 0 saturated carbocycles. The lowest BCUT2D eigenvalue weighted by molar-refractivity contribution is 0.937. The van der Waals surface area contributed by atoms with Gasteiger partial charge in [0, 0.05) is 29.4 Å². The van der Waals surface area contributed by atoms with Crippen molar-refractivity contribution in [1.29, 1.82) is 0 Å². The minimum atomic E-state index is 0.432. The Morgan fingerprint density at radius 1 is 1.41 bits per heavy atom. The molecule has 0 atom stereocenters. The first-order valence-electron chi connectivity index (χ1n) is 5.15. The predicted octanol–water partition coefficient (Wildman–Crippen LogP) is 2.41. The first-order valence-corrected chi connectivity index (χ1v) is 6.44. The van der Waals surface area contributed by atoms with Gasteiger partial charge in [0.05, 0.1) is 12.1 Å². The molecule has 0 bridgehead atoms. The van der Waals surface area contributed by atoms with E-state index in [4.69, 9.17) is 18.0 Å². The Kier molecular flexibility index (Phi) is 3.71. The van der Waals surface area contributed by atoms with Crippen LogP contribution in [0, 0.1) is 0 Å². The molecule has 0 aliphatic heterocycles. The second-order valence-corrected chi connectivity index (χ2v) is 5.15. The minimum absolute atomic E-state index is 0.432. The van der Waals surface area contributed by atoms with Gasteiger partial charge >= 0.3 is 0 Å². The number of aromatic nitrogens is 1. The topological polar surface area (TPSA) is 42.2 Å². The summed E-state index contributed by atoms with van der Waals surface area (Å²) in [4.78, 5) is 7.90. The fourth-order valence-electron chi connectivity index (χ4n) is 1.53. The van der Waals surface area contributed by atoms with Gasteiger partial charge in [-0.3, -0.25) is 4.98 Å². The number of benzene rings is 1. The third-order valence-electron chi connectivity index (χ3n) is 2.47. The average molecular weight is 263 g/mol. The molecule has 0 radical (unpaired) electrons. The second kappa shape index (κ2) is 5.25. The molecule has 0 fully saturated rings.